The SMILES string of the molecule is COc1ccc2c(c1)NCC2C(=O)C(=O)N(CC(=O)NCCN1CCOCC1)CC1CCCCC1. The molecule has 0 spiro atoms. The molecule has 1 aromatic rings. The first-order valence-corrected chi connectivity index (χ1v) is 12.9. The molecular weight excluding hydrogens is 448 g/mol. The summed E-state index contributed by atoms with van der Waals surface area (Å²) in [6.07, 6.45) is 5.54. The second-order valence-electron chi connectivity index (χ2n) is 9.74. The monoisotopic (exact) mass is 486 g/mol. The van der Waals surface area contributed by atoms with E-state index in [-0.39, 0.29) is 12.5 Å². The van der Waals surface area contributed by atoms with Crippen LogP contribution in [0.5, 0.6) is 5.75 Å². The highest BCUT2D eigenvalue weighted by atomic mass is 16.5. The Morgan fingerprint density at radius 2 is 1.94 bits per heavy atom. The number of rotatable bonds is 10. The maximum Gasteiger partial charge on any atom is 0.291 e. The van der Waals surface area contributed by atoms with Gasteiger partial charge < -0.3 is 25.0 Å². The van der Waals surface area contributed by atoms with E-state index in [1.54, 1.807) is 13.2 Å². The Kier molecular flexibility index (Phi) is 8.98. The lowest BCUT2D eigenvalue weighted by Crippen LogP contribution is -2.48. The van der Waals surface area contributed by atoms with E-state index in [1.807, 2.05) is 12.1 Å². The summed E-state index contributed by atoms with van der Waals surface area (Å²) in [5, 5.41) is 6.15. The quantitative estimate of drug-likeness (QED) is 0.485. The van der Waals surface area contributed by atoms with Gasteiger partial charge in [0.15, 0.2) is 0 Å². The van der Waals surface area contributed by atoms with Crippen LogP contribution in [0.1, 0.15) is 43.6 Å². The lowest BCUT2D eigenvalue weighted by molar-refractivity contribution is -0.147. The Balaban J connectivity index is 1.38. The number of amides is 2. The Morgan fingerprint density at radius 3 is 2.69 bits per heavy atom. The summed E-state index contributed by atoms with van der Waals surface area (Å²) in [5.41, 5.74) is 1.62. The zero-order valence-corrected chi connectivity index (χ0v) is 20.7. The lowest BCUT2D eigenvalue weighted by atomic mass is 9.88. The van der Waals surface area contributed by atoms with Crippen LogP contribution in [0.3, 0.4) is 0 Å². The molecule has 9 heteroatoms. The number of methoxy groups -OCH3 is 1. The number of hydrogen-bond acceptors (Lipinski definition) is 7. The molecular formula is C26H38N4O5. The van der Waals surface area contributed by atoms with Crippen LogP contribution in [0.25, 0.3) is 0 Å². The summed E-state index contributed by atoms with van der Waals surface area (Å²) in [4.78, 5) is 43.3. The van der Waals surface area contributed by atoms with E-state index in [1.165, 1.54) is 11.3 Å². The van der Waals surface area contributed by atoms with Gasteiger partial charge in [-0.2, -0.15) is 0 Å². The maximum atomic E-state index is 13.4. The summed E-state index contributed by atoms with van der Waals surface area (Å²) in [6, 6.07) is 5.49. The third-order valence-corrected chi connectivity index (χ3v) is 7.34. The molecule has 1 unspecified atom stereocenters. The predicted octanol–water partition coefficient (Wildman–Crippen LogP) is 1.63. The normalized spacial score (nSPS) is 20.5. The van der Waals surface area contributed by atoms with Gasteiger partial charge in [-0.3, -0.25) is 19.3 Å². The highest BCUT2D eigenvalue weighted by Gasteiger charge is 2.36. The largest absolute Gasteiger partial charge is 0.497 e. The molecule has 2 fully saturated rings. The summed E-state index contributed by atoms with van der Waals surface area (Å²) >= 11 is 0. The molecule has 2 heterocycles. The second-order valence-corrected chi connectivity index (χ2v) is 9.74. The summed E-state index contributed by atoms with van der Waals surface area (Å²) < 4.78 is 10.6. The third kappa shape index (κ3) is 6.73. The van der Waals surface area contributed by atoms with Gasteiger partial charge in [0.25, 0.3) is 5.91 Å². The van der Waals surface area contributed by atoms with Gasteiger partial charge in [0.1, 0.15) is 5.75 Å². The Labute approximate surface area is 207 Å². The van der Waals surface area contributed by atoms with Crippen LogP contribution in [0.4, 0.5) is 5.69 Å². The molecule has 192 valence electrons. The van der Waals surface area contributed by atoms with Crippen molar-refractivity contribution in [1.29, 1.82) is 0 Å². The van der Waals surface area contributed by atoms with Crippen LogP contribution in [0.2, 0.25) is 0 Å². The number of Topliss-reactive ketones (excluding diaryl/α,β-unsaturated/α-hetero) is 1. The van der Waals surface area contributed by atoms with Crippen molar-refractivity contribution in [2.24, 2.45) is 5.92 Å². The fourth-order valence-electron chi connectivity index (χ4n) is 5.29. The van der Waals surface area contributed by atoms with Crippen molar-refractivity contribution >= 4 is 23.3 Å². The first-order valence-electron chi connectivity index (χ1n) is 12.9. The van der Waals surface area contributed by atoms with E-state index in [2.05, 4.69) is 15.5 Å². The average molecular weight is 487 g/mol. The molecule has 1 saturated carbocycles. The predicted molar refractivity (Wildman–Crippen MR) is 133 cm³/mol. The molecule has 2 aliphatic heterocycles. The molecule has 2 N–H and O–H groups in total. The second kappa shape index (κ2) is 12.4. The number of ketones is 1. The van der Waals surface area contributed by atoms with E-state index in [9.17, 15) is 14.4 Å². The van der Waals surface area contributed by atoms with E-state index < -0.39 is 17.6 Å². The molecule has 35 heavy (non-hydrogen) atoms. The van der Waals surface area contributed by atoms with Gasteiger partial charge in [-0.15, -0.1) is 0 Å². The van der Waals surface area contributed by atoms with Crippen molar-refractivity contribution in [2.45, 2.75) is 38.0 Å². The molecule has 2 amide bonds. The number of carbonyl (C=O) groups excluding carboxylic acids is 3. The molecule has 1 saturated heterocycles. The number of hydrogen-bond donors (Lipinski definition) is 2. The number of morpholine rings is 1. The van der Waals surface area contributed by atoms with Crippen molar-refractivity contribution in [3.63, 3.8) is 0 Å². The fraction of sp³-hybridized carbons (Fsp3) is 0.654. The first-order chi connectivity index (χ1) is 17.0. The number of fused-ring (bicyclic) bond motifs is 1. The molecule has 1 atom stereocenters. The summed E-state index contributed by atoms with van der Waals surface area (Å²) in [5.74, 6) is -0.762. The number of anilines is 1. The van der Waals surface area contributed by atoms with Gasteiger partial charge in [0.05, 0.1) is 32.8 Å². The standard InChI is InChI=1S/C26H38N4O5/c1-34-20-7-8-21-22(16-28-23(21)15-20)25(32)26(33)30(17-19-5-3-2-4-6-19)18-24(31)27-9-10-29-11-13-35-14-12-29/h7-8,15,19,22,28H,2-6,9-14,16-18H2,1H3,(H,27,31). The number of benzene rings is 1. The van der Waals surface area contributed by atoms with Crippen LogP contribution < -0.4 is 15.4 Å². The van der Waals surface area contributed by atoms with Crippen LogP contribution in [-0.4, -0.2) is 93.5 Å². The third-order valence-electron chi connectivity index (χ3n) is 7.34. The van der Waals surface area contributed by atoms with Gasteiger partial charge in [-0.05, 0) is 30.4 Å². The molecule has 1 aromatic carbocycles. The molecule has 1 aliphatic carbocycles. The highest BCUT2D eigenvalue weighted by molar-refractivity contribution is 6.38. The summed E-state index contributed by atoms with van der Waals surface area (Å²) in [6.45, 7) is 5.15. The minimum Gasteiger partial charge on any atom is -0.497 e. The smallest absolute Gasteiger partial charge is 0.291 e. The van der Waals surface area contributed by atoms with Crippen molar-refractivity contribution in [1.82, 2.24) is 15.1 Å². The van der Waals surface area contributed by atoms with Gasteiger partial charge >= 0.3 is 0 Å². The van der Waals surface area contributed by atoms with Crippen LogP contribution in [0.15, 0.2) is 18.2 Å². The van der Waals surface area contributed by atoms with Gasteiger partial charge in [-0.1, -0.05) is 25.3 Å². The molecule has 0 radical (unpaired) electrons. The van der Waals surface area contributed by atoms with Crippen molar-refractivity contribution < 1.29 is 23.9 Å². The van der Waals surface area contributed by atoms with E-state index in [0.717, 1.165) is 56.6 Å². The zero-order valence-electron chi connectivity index (χ0n) is 20.7. The zero-order chi connectivity index (χ0) is 24.6. The fourth-order valence-corrected chi connectivity index (χ4v) is 5.29. The Bertz CT molecular complexity index is 896. The molecule has 4 rings (SSSR count). The Hall–Kier alpha value is -2.65. The van der Waals surface area contributed by atoms with Crippen LogP contribution in [0, 0.1) is 5.92 Å². The van der Waals surface area contributed by atoms with E-state index in [0.29, 0.717) is 44.5 Å². The van der Waals surface area contributed by atoms with E-state index in [4.69, 9.17) is 9.47 Å². The number of nitrogens with one attached hydrogen (secondary N) is 2. The minimum absolute atomic E-state index is 0.0835. The lowest BCUT2D eigenvalue weighted by Gasteiger charge is -2.30. The summed E-state index contributed by atoms with van der Waals surface area (Å²) in [7, 11) is 1.60. The van der Waals surface area contributed by atoms with Crippen molar-refractivity contribution in [3.8, 4) is 5.75 Å². The van der Waals surface area contributed by atoms with Gasteiger partial charge in [0, 0.05) is 51.0 Å². The highest BCUT2D eigenvalue weighted by Crippen LogP contribution is 2.35. The first kappa shape index (κ1) is 25.4. The Morgan fingerprint density at radius 1 is 1.17 bits per heavy atom. The van der Waals surface area contributed by atoms with Gasteiger partial charge in [-0.25, -0.2) is 0 Å². The minimum atomic E-state index is -0.561. The van der Waals surface area contributed by atoms with E-state index >= 15 is 0 Å². The molecule has 0 bridgehead atoms. The topological polar surface area (TPSA) is 100 Å². The molecule has 9 nitrogen and oxygen atoms in total. The average Bonchev–Trinajstić information content (AvgIpc) is 3.32. The number of ether oxygens (including phenoxy) is 2. The maximum absolute atomic E-state index is 13.4. The molecule has 3 aliphatic rings. The number of nitrogens with zero attached hydrogens (tertiary/aromatic N) is 2. The van der Waals surface area contributed by atoms with Crippen molar-refractivity contribution in [2.75, 3.05) is 71.5 Å². The molecule has 0 aromatic heterocycles. The van der Waals surface area contributed by atoms with Crippen molar-refractivity contribution in [3.05, 3.63) is 23.8 Å². The number of carbonyl (C=O) groups is 3. The van der Waals surface area contributed by atoms with Gasteiger partial charge in [0.2, 0.25) is 11.7 Å². The van der Waals surface area contributed by atoms with Crippen LogP contribution in [-0.2, 0) is 19.1 Å². The van der Waals surface area contributed by atoms with Crippen LogP contribution >= 0.6 is 0 Å².